The molecule has 0 saturated carbocycles. The Morgan fingerprint density at radius 1 is 1.25 bits per heavy atom. The highest BCUT2D eigenvalue weighted by molar-refractivity contribution is 5.96. The number of hydrogen-bond donors (Lipinski definition) is 0. The van der Waals surface area contributed by atoms with Crippen molar-refractivity contribution in [1.29, 1.82) is 0 Å². The van der Waals surface area contributed by atoms with Crippen LogP contribution in [-0.4, -0.2) is 54.7 Å². The lowest BCUT2D eigenvalue weighted by atomic mass is 9.74. The quantitative estimate of drug-likeness (QED) is 0.745. The van der Waals surface area contributed by atoms with E-state index in [1.54, 1.807) is 0 Å². The number of likely N-dealkylation sites (N-methyl/N-ethyl adjacent to an activating group) is 1. The minimum atomic E-state index is -0.245. The van der Waals surface area contributed by atoms with Gasteiger partial charge in [0.2, 0.25) is 5.91 Å². The van der Waals surface area contributed by atoms with Gasteiger partial charge in [-0.1, -0.05) is 36.5 Å². The van der Waals surface area contributed by atoms with E-state index in [0.29, 0.717) is 12.0 Å². The van der Waals surface area contributed by atoms with Gasteiger partial charge in [0.15, 0.2) is 0 Å². The van der Waals surface area contributed by atoms with Gasteiger partial charge < -0.3 is 14.6 Å². The molecule has 3 saturated heterocycles. The van der Waals surface area contributed by atoms with Crippen LogP contribution in [0.25, 0.3) is 0 Å². The summed E-state index contributed by atoms with van der Waals surface area (Å²) in [6.07, 6.45) is 15.0. The summed E-state index contributed by atoms with van der Waals surface area (Å²) in [5.74, 6) is 0.321. The Morgan fingerprint density at radius 3 is 2.71 bits per heavy atom. The summed E-state index contributed by atoms with van der Waals surface area (Å²) in [5, 5.41) is 0. The van der Waals surface area contributed by atoms with Gasteiger partial charge in [-0.05, 0) is 37.4 Å². The number of carbonyl (C=O) groups is 2. The van der Waals surface area contributed by atoms with Gasteiger partial charge in [0, 0.05) is 37.0 Å². The third-order valence-electron chi connectivity index (χ3n) is 6.11. The van der Waals surface area contributed by atoms with E-state index in [1.807, 2.05) is 48.4 Å². The number of hydrogen-bond acceptors (Lipinski definition) is 3. The average Bonchev–Trinajstić information content (AvgIpc) is 2.66. The van der Waals surface area contributed by atoms with Crippen LogP contribution in [0.1, 0.15) is 12.8 Å². The Bertz CT molecular complexity index is 665. The molecule has 0 N–H and O–H groups in total. The first-order valence-corrected chi connectivity index (χ1v) is 8.90. The molecule has 3 heterocycles. The van der Waals surface area contributed by atoms with Crippen molar-refractivity contribution in [3.63, 3.8) is 0 Å². The Balaban J connectivity index is 1.58. The van der Waals surface area contributed by atoms with Gasteiger partial charge >= 0.3 is 0 Å². The SMILES string of the molecule is CN(C(=O)C1=CC=CC2=CC=CC(C=O)C21)[C@@H]1CN2CCC1CC2. The van der Waals surface area contributed by atoms with Crippen LogP contribution in [0.3, 0.4) is 0 Å². The topological polar surface area (TPSA) is 40.6 Å². The fraction of sp³-hybridized carbons (Fsp3) is 0.500. The van der Waals surface area contributed by atoms with Crippen molar-refractivity contribution in [2.24, 2.45) is 17.8 Å². The number of rotatable bonds is 3. The lowest BCUT2D eigenvalue weighted by Gasteiger charge is -2.48. The van der Waals surface area contributed by atoms with Crippen LogP contribution >= 0.6 is 0 Å². The van der Waals surface area contributed by atoms with Crippen molar-refractivity contribution in [2.45, 2.75) is 18.9 Å². The predicted octanol–water partition coefficient (Wildman–Crippen LogP) is 1.96. The molecule has 24 heavy (non-hydrogen) atoms. The molecule has 0 aromatic rings. The van der Waals surface area contributed by atoms with Gasteiger partial charge in [0.25, 0.3) is 0 Å². The minimum Gasteiger partial charge on any atom is -0.337 e. The molecule has 5 rings (SSSR count). The monoisotopic (exact) mass is 324 g/mol. The van der Waals surface area contributed by atoms with Gasteiger partial charge in [0.05, 0.1) is 0 Å². The van der Waals surface area contributed by atoms with E-state index in [-0.39, 0.29) is 17.7 Å². The Morgan fingerprint density at radius 2 is 2.04 bits per heavy atom. The molecule has 3 aliphatic heterocycles. The first-order valence-electron chi connectivity index (χ1n) is 8.90. The lowest BCUT2D eigenvalue weighted by molar-refractivity contribution is -0.132. The summed E-state index contributed by atoms with van der Waals surface area (Å²) in [4.78, 5) is 29.1. The minimum absolute atomic E-state index is 0.0798. The van der Waals surface area contributed by atoms with Gasteiger partial charge in [0.1, 0.15) is 6.29 Å². The van der Waals surface area contributed by atoms with Gasteiger partial charge in [-0.3, -0.25) is 4.79 Å². The van der Waals surface area contributed by atoms with Crippen LogP contribution < -0.4 is 0 Å². The molecular formula is C20H24N2O2. The average molecular weight is 324 g/mol. The molecule has 3 atom stereocenters. The maximum Gasteiger partial charge on any atom is 0.250 e. The smallest absolute Gasteiger partial charge is 0.250 e. The second kappa shape index (κ2) is 6.17. The van der Waals surface area contributed by atoms with Crippen LogP contribution in [0.15, 0.2) is 47.6 Å². The molecule has 2 bridgehead atoms. The molecule has 126 valence electrons. The van der Waals surface area contributed by atoms with Gasteiger partial charge in [-0.25, -0.2) is 0 Å². The molecule has 2 aliphatic carbocycles. The van der Waals surface area contributed by atoms with Crippen molar-refractivity contribution in [1.82, 2.24) is 9.80 Å². The standard InChI is InChI=1S/C20H24N2O2/c1-21(18-12-22-10-8-14(18)9-11-22)20(24)17-7-3-5-15-4-2-6-16(13-23)19(15)17/h2-7,13-14,16,18-19H,8-12H2,1H3/t16?,18-,19?/m1/s1. The molecule has 2 unspecified atom stereocenters. The summed E-state index contributed by atoms with van der Waals surface area (Å²) < 4.78 is 0. The zero-order valence-corrected chi connectivity index (χ0v) is 14.1. The molecule has 0 spiro atoms. The molecular weight excluding hydrogens is 300 g/mol. The predicted molar refractivity (Wildman–Crippen MR) is 93.2 cm³/mol. The van der Waals surface area contributed by atoms with Gasteiger partial charge in [-0.2, -0.15) is 0 Å². The van der Waals surface area contributed by atoms with E-state index < -0.39 is 0 Å². The zero-order chi connectivity index (χ0) is 16.7. The van der Waals surface area contributed by atoms with E-state index in [1.165, 1.54) is 25.9 Å². The second-order valence-corrected chi connectivity index (χ2v) is 7.35. The summed E-state index contributed by atoms with van der Waals surface area (Å²) >= 11 is 0. The van der Waals surface area contributed by atoms with E-state index in [9.17, 15) is 9.59 Å². The number of nitrogens with zero attached hydrogens (tertiary/aromatic N) is 2. The maximum absolute atomic E-state index is 13.2. The molecule has 1 amide bonds. The Hall–Kier alpha value is -1.94. The Labute approximate surface area is 143 Å². The van der Waals surface area contributed by atoms with Crippen molar-refractivity contribution in [3.05, 3.63) is 47.6 Å². The summed E-state index contributed by atoms with van der Waals surface area (Å²) in [7, 11) is 1.94. The molecule has 0 aromatic carbocycles. The number of carbonyl (C=O) groups excluding carboxylic acids is 2. The summed E-state index contributed by atoms with van der Waals surface area (Å²) in [5.41, 5.74) is 1.81. The van der Waals surface area contributed by atoms with Crippen LogP contribution in [0, 0.1) is 17.8 Å². The number of amides is 1. The van der Waals surface area contributed by atoms with Gasteiger partial charge in [-0.15, -0.1) is 0 Å². The molecule has 3 fully saturated rings. The number of aldehydes is 1. The molecule has 5 aliphatic rings. The van der Waals surface area contributed by atoms with E-state index in [0.717, 1.165) is 24.0 Å². The first-order chi connectivity index (χ1) is 11.7. The zero-order valence-electron chi connectivity index (χ0n) is 14.1. The van der Waals surface area contributed by atoms with E-state index in [2.05, 4.69) is 4.90 Å². The fourth-order valence-electron chi connectivity index (χ4n) is 4.70. The first kappa shape index (κ1) is 15.6. The highest BCUT2D eigenvalue weighted by atomic mass is 16.2. The van der Waals surface area contributed by atoms with Crippen molar-refractivity contribution in [2.75, 3.05) is 26.7 Å². The lowest BCUT2D eigenvalue weighted by Crippen LogP contribution is -2.58. The largest absolute Gasteiger partial charge is 0.337 e. The van der Waals surface area contributed by atoms with Crippen LogP contribution in [-0.2, 0) is 9.59 Å². The molecule has 4 nitrogen and oxygen atoms in total. The third-order valence-corrected chi connectivity index (χ3v) is 6.11. The highest BCUT2D eigenvalue weighted by Crippen LogP contribution is 2.37. The number of fused-ring (bicyclic) bond motifs is 4. The van der Waals surface area contributed by atoms with Crippen molar-refractivity contribution < 1.29 is 9.59 Å². The fourth-order valence-corrected chi connectivity index (χ4v) is 4.70. The van der Waals surface area contributed by atoms with E-state index >= 15 is 0 Å². The van der Waals surface area contributed by atoms with Crippen LogP contribution in [0.2, 0.25) is 0 Å². The van der Waals surface area contributed by atoms with Crippen molar-refractivity contribution in [3.8, 4) is 0 Å². The maximum atomic E-state index is 13.2. The van der Waals surface area contributed by atoms with E-state index in [4.69, 9.17) is 0 Å². The van der Waals surface area contributed by atoms with Crippen molar-refractivity contribution >= 4 is 12.2 Å². The summed E-state index contributed by atoms with van der Waals surface area (Å²) in [6, 6.07) is 0.299. The van der Waals surface area contributed by atoms with Crippen LogP contribution in [0.4, 0.5) is 0 Å². The molecule has 0 aromatic heterocycles. The highest BCUT2D eigenvalue weighted by Gasteiger charge is 2.40. The van der Waals surface area contributed by atoms with Crippen LogP contribution in [0.5, 0.6) is 0 Å². The normalized spacial score (nSPS) is 36.6. The Kier molecular flexibility index (Phi) is 4.01. The number of allylic oxidation sites excluding steroid dienone is 7. The molecule has 0 radical (unpaired) electrons. The number of piperidine rings is 3. The third kappa shape index (κ3) is 2.49. The second-order valence-electron chi connectivity index (χ2n) is 7.35. The summed E-state index contributed by atoms with van der Waals surface area (Å²) in [6.45, 7) is 3.32. The molecule has 4 heteroatoms.